The van der Waals surface area contributed by atoms with Gasteiger partial charge in [0.05, 0.1) is 11.3 Å². The fourth-order valence-electron chi connectivity index (χ4n) is 1.29. The van der Waals surface area contributed by atoms with E-state index < -0.39 is 5.97 Å². The molecule has 0 unspecified atom stereocenters. The number of nitrogens with one attached hydrogen (secondary N) is 1. The predicted octanol–water partition coefficient (Wildman–Crippen LogP) is 0.348. The van der Waals surface area contributed by atoms with Crippen molar-refractivity contribution in [1.29, 1.82) is 0 Å². The second-order valence-corrected chi connectivity index (χ2v) is 4.06. The molecule has 0 radical (unpaired) electrons. The molecule has 0 spiro atoms. The molecule has 0 fully saturated rings. The number of pyridine rings is 1. The molecule has 6 heteroatoms. The Morgan fingerprint density at radius 2 is 2.11 bits per heavy atom. The van der Waals surface area contributed by atoms with Gasteiger partial charge in [-0.15, -0.1) is 0 Å². The van der Waals surface area contributed by atoms with Gasteiger partial charge < -0.3 is 15.3 Å². The zero-order valence-corrected chi connectivity index (χ0v) is 10.5. The van der Waals surface area contributed by atoms with Crippen molar-refractivity contribution < 1.29 is 14.7 Å². The Balaban J connectivity index is 2.31. The Bertz CT molecular complexity index is 415. The first-order valence-corrected chi connectivity index (χ1v) is 5.60. The van der Waals surface area contributed by atoms with Crippen LogP contribution in [0.1, 0.15) is 22.5 Å². The molecule has 0 atom stereocenters. The standard InChI is InChI=1S/C12H17N3O3/c1-15(2)11(16)5-6-13-8-10-4-3-9(7-14-10)12(17)18/h3-4,7,13H,5-6,8H2,1-2H3,(H,17,18). The number of aromatic nitrogens is 1. The summed E-state index contributed by atoms with van der Waals surface area (Å²) in [7, 11) is 3.43. The summed E-state index contributed by atoms with van der Waals surface area (Å²) >= 11 is 0. The second kappa shape index (κ2) is 6.70. The Kier molecular flexibility index (Phi) is 5.26. The van der Waals surface area contributed by atoms with Gasteiger partial charge in [-0.25, -0.2) is 4.79 Å². The molecule has 0 saturated heterocycles. The van der Waals surface area contributed by atoms with E-state index in [1.165, 1.54) is 12.3 Å². The molecule has 0 saturated carbocycles. The zero-order valence-electron chi connectivity index (χ0n) is 10.5. The van der Waals surface area contributed by atoms with Gasteiger partial charge in [0.1, 0.15) is 0 Å². The van der Waals surface area contributed by atoms with Crippen LogP contribution in [0, 0.1) is 0 Å². The summed E-state index contributed by atoms with van der Waals surface area (Å²) in [5.74, 6) is -0.921. The largest absolute Gasteiger partial charge is 0.478 e. The zero-order chi connectivity index (χ0) is 13.5. The van der Waals surface area contributed by atoms with Crippen LogP contribution in [0.2, 0.25) is 0 Å². The smallest absolute Gasteiger partial charge is 0.337 e. The molecule has 0 aliphatic carbocycles. The third-order valence-corrected chi connectivity index (χ3v) is 2.39. The van der Waals surface area contributed by atoms with E-state index in [2.05, 4.69) is 10.3 Å². The lowest BCUT2D eigenvalue weighted by Gasteiger charge is -2.10. The van der Waals surface area contributed by atoms with Gasteiger partial charge in [-0.05, 0) is 12.1 Å². The third-order valence-electron chi connectivity index (χ3n) is 2.39. The first-order valence-electron chi connectivity index (χ1n) is 5.60. The van der Waals surface area contributed by atoms with Crippen molar-refractivity contribution >= 4 is 11.9 Å². The summed E-state index contributed by atoms with van der Waals surface area (Å²) in [6.45, 7) is 1.08. The van der Waals surface area contributed by atoms with Gasteiger partial charge in [-0.1, -0.05) is 0 Å². The summed E-state index contributed by atoms with van der Waals surface area (Å²) in [5.41, 5.74) is 0.916. The molecule has 18 heavy (non-hydrogen) atoms. The molecule has 0 aliphatic heterocycles. The number of hydrogen-bond acceptors (Lipinski definition) is 4. The lowest BCUT2D eigenvalue weighted by atomic mass is 10.2. The fourth-order valence-corrected chi connectivity index (χ4v) is 1.29. The molecule has 0 aliphatic rings. The van der Waals surface area contributed by atoms with Crippen molar-refractivity contribution in [3.05, 3.63) is 29.6 Å². The number of amides is 1. The van der Waals surface area contributed by atoms with Crippen molar-refractivity contribution in [2.24, 2.45) is 0 Å². The van der Waals surface area contributed by atoms with Gasteiger partial charge in [-0.2, -0.15) is 0 Å². The van der Waals surface area contributed by atoms with Crippen LogP contribution in [0.3, 0.4) is 0 Å². The highest BCUT2D eigenvalue weighted by atomic mass is 16.4. The SMILES string of the molecule is CN(C)C(=O)CCNCc1ccc(C(=O)O)cn1. The number of carboxylic acid groups (broad SMARTS) is 1. The molecular weight excluding hydrogens is 234 g/mol. The van der Waals surface area contributed by atoms with E-state index in [-0.39, 0.29) is 11.5 Å². The van der Waals surface area contributed by atoms with E-state index in [1.807, 2.05) is 0 Å². The lowest BCUT2D eigenvalue weighted by molar-refractivity contribution is -0.128. The van der Waals surface area contributed by atoms with E-state index in [4.69, 9.17) is 5.11 Å². The van der Waals surface area contributed by atoms with E-state index >= 15 is 0 Å². The van der Waals surface area contributed by atoms with Crippen LogP contribution >= 0.6 is 0 Å². The van der Waals surface area contributed by atoms with E-state index in [9.17, 15) is 9.59 Å². The van der Waals surface area contributed by atoms with Gasteiger partial charge in [0.25, 0.3) is 0 Å². The van der Waals surface area contributed by atoms with E-state index in [0.717, 1.165) is 5.69 Å². The van der Waals surface area contributed by atoms with Crippen LogP contribution < -0.4 is 5.32 Å². The molecule has 1 heterocycles. The number of carbonyl (C=O) groups excluding carboxylic acids is 1. The minimum absolute atomic E-state index is 0.0664. The molecule has 1 aromatic heterocycles. The number of hydrogen-bond donors (Lipinski definition) is 2. The average Bonchev–Trinajstić information content (AvgIpc) is 2.34. The highest BCUT2D eigenvalue weighted by molar-refractivity contribution is 5.87. The molecule has 1 aromatic rings. The summed E-state index contributed by atoms with van der Waals surface area (Å²) in [6.07, 6.45) is 1.75. The van der Waals surface area contributed by atoms with Crippen LogP contribution in [0.15, 0.2) is 18.3 Å². The minimum atomic E-state index is -0.987. The predicted molar refractivity (Wildman–Crippen MR) is 66.2 cm³/mol. The number of carboxylic acids is 1. The summed E-state index contributed by atoms with van der Waals surface area (Å²) in [4.78, 5) is 27.4. The number of carbonyl (C=O) groups is 2. The molecule has 0 aromatic carbocycles. The van der Waals surface area contributed by atoms with Crippen LogP contribution in [0.5, 0.6) is 0 Å². The average molecular weight is 251 g/mol. The maximum Gasteiger partial charge on any atom is 0.337 e. The van der Waals surface area contributed by atoms with Crippen molar-refractivity contribution in [2.75, 3.05) is 20.6 Å². The molecule has 1 amide bonds. The number of rotatable bonds is 6. The Labute approximate surface area is 106 Å². The van der Waals surface area contributed by atoms with E-state index in [1.54, 1.807) is 25.1 Å². The van der Waals surface area contributed by atoms with Gasteiger partial charge in [0.15, 0.2) is 0 Å². The topological polar surface area (TPSA) is 82.5 Å². The fraction of sp³-hybridized carbons (Fsp3) is 0.417. The van der Waals surface area contributed by atoms with Gasteiger partial charge in [-0.3, -0.25) is 9.78 Å². The monoisotopic (exact) mass is 251 g/mol. The molecule has 2 N–H and O–H groups in total. The number of aromatic carboxylic acids is 1. The maximum absolute atomic E-state index is 11.3. The van der Waals surface area contributed by atoms with E-state index in [0.29, 0.717) is 19.5 Å². The van der Waals surface area contributed by atoms with Gasteiger partial charge in [0.2, 0.25) is 5.91 Å². The summed E-state index contributed by atoms with van der Waals surface area (Å²) in [6, 6.07) is 3.17. The Morgan fingerprint density at radius 1 is 1.39 bits per heavy atom. The maximum atomic E-state index is 11.3. The highest BCUT2D eigenvalue weighted by Crippen LogP contribution is 2.00. The first-order chi connectivity index (χ1) is 8.50. The van der Waals surface area contributed by atoms with Crippen LogP contribution in [-0.4, -0.2) is 47.5 Å². The Morgan fingerprint density at radius 3 is 2.61 bits per heavy atom. The number of nitrogens with zero attached hydrogens (tertiary/aromatic N) is 2. The van der Waals surface area contributed by atoms with Crippen LogP contribution in [0.4, 0.5) is 0 Å². The van der Waals surface area contributed by atoms with Crippen molar-refractivity contribution in [3.8, 4) is 0 Å². The molecule has 1 rings (SSSR count). The Hall–Kier alpha value is -1.95. The van der Waals surface area contributed by atoms with Gasteiger partial charge in [0, 0.05) is 39.8 Å². The first kappa shape index (κ1) is 14.1. The normalized spacial score (nSPS) is 10.1. The second-order valence-electron chi connectivity index (χ2n) is 4.06. The van der Waals surface area contributed by atoms with Crippen molar-refractivity contribution in [2.45, 2.75) is 13.0 Å². The molecule has 6 nitrogen and oxygen atoms in total. The quantitative estimate of drug-likeness (QED) is 0.713. The highest BCUT2D eigenvalue weighted by Gasteiger charge is 2.04. The minimum Gasteiger partial charge on any atom is -0.478 e. The molecule has 0 bridgehead atoms. The molecule has 98 valence electrons. The summed E-state index contributed by atoms with van der Waals surface area (Å²) in [5, 5.41) is 11.8. The van der Waals surface area contributed by atoms with Crippen molar-refractivity contribution in [3.63, 3.8) is 0 Å². The summed E-state index contributed by atoms with van der Waals surface area (Å²) < 4.78 is 0. The third kappa shape index (κ3) is 4.50. The van der Waals surface area contributed by atoms with Crippen LogP contribution in [0.25, 0.3) is 0 Å². The lowest BCUT2D eigenvalue weighted by Crippen LogP contribution is -2.26. The molecular formula is C12H17N3O3. The van der Waals surface area contributed by atoms with Crippen LogP contribution in [-0.2, 0) is 11.3 Å². The van der Waals surface area contributed by atoms with Gasteiger partial charge >= 0.3 is 5.97 Å². The van der Waals surface area contributed by atoms with Crippen molar-refractivity contribution in [1.82, 2.24) is 15.2 Å².